The maximum atomic E-state index is 12.8. The fourth-order valence-electron chi connectivity index (χ4n) is 5.79. The molecule has 3 aliphatic rings. The largest absolute Gasteiger partial charge is 0.444 e. The van der Waals surface area contributed by atoms with Gasteiger partial charge in [-0.2, -0.15) is 0 Å². The normalized spacial score (nSPS) is 18.4. The summed E-state index contributed by atoms with van der Waals surface area (Å²) in [5.41, 5.74) is 10.9. The molecule has 0 bridgehead atoms. The van der Waals surface area contributed by atoms with Crippen LogP contribution >= 0.6 is 15.9 Å². The first-order valence-electron chi connectivity index (χ1n) is 12.9. The highest BCUT2D eigenvalue weighted by Crippen LogP contribution is 2.39. The second-order valence-electron chi connectivity index (χ2n) is 11.1. The SMILES string of the molecule is CC(C)(C)OC(=O)N1CCC[C@H]1C1=Nc2ccc(-c3ccc4c(c3)CCc3cc(Br)ccc3-4)cc2C1. The standard InChI is InChI=1S/C31H31BrN2O2/c1-31(2,3)36-30(35)34-14-4-5-29(34)28-18-23-16-20(9-13-27(23)33-28)19-8-11-25-21(15-19)6-7-22-17-24(32)10-12-26(22)25/h8-13,15-17,29H,4-7,14,18H2,1-3H3/t29-/m0/s1. The van der Waals surface area contributed by atoms with Gasteiger partial charge in [0.05, 0.1) is 11.7 Å². The van der Waals surface area contributed by atoms with E-state index in [0.29, 0.717) is 0 Å². The molecule has 0 radical (unpaired) electrons. The molecular weight excluding hydrogens is 512 g/mol. The Morgan fingerprint density at radius 1 is 0.944 bits per heavy atom. The predicted octanol–water partition coefficient (Wildman–Crippen LogP) is 7.91. The Bertz CT molecular complexity index is 1400. The maximum absolute atomic E-state index is 12.8. The predicted molar refractivity (Wildman–Crippen MR) is 149 cm³/mol. The van der Waals surface area contributed by atoms with Gasteiger partial charge >= 0.3 is 6.09 Å². The molecule has 6 rings (SSSR count). The van der Waals surface area contributed by atoms with Crippen LogP contribution in [0.3, 0.4) is 0 Å². The number of likely N-dealkylation sites (tertiary alicyclic amines) is 1. The maximum Gasteiger partial charge on any atom is 0.410 e. The zero-order valence-corrected chi connectivity index (χ0v) is 22.7. The van der Waals surface area contributed by atoms with Crippen LogP contribution in [0.15, 0.2) is 64.1 Å². The van der Waals surface area contributed by atoms with Crippen LogP contribution in [0.2, 0.25) is 0 Å². The molecule has 2 heterocycles. The molecule has 36 heavy (non-hydrogen) atoms. The number of aryl methyl sites for hydroxylation is 2. The first-order valence-corrected chi connectivity index (χ1v) is 13.7. The van der Waals surface area contributed by atoms with E-state index in [2.05, 4.69) is 70.5 Å². The number of ether oxygens (including phenoxy) is 1. The van der Waals surface area contributed by atoms with Crippen molar-refractivity contribution in [3.8, 4) is 22.3 Å². The summed E-state index contributed by atoms with van der Waals surface area (Å²) < 4.78 is 6.81. The van der Waals surface area contributed by atoms with E-state index in [-0.39, 0.29) is 12.1 Å². The summed E-state index contributed by atoms with van der Waals surface area (Å²) >= 11 is 3.61. The van der Waals surface area contributed by atoms with Crippen molar-refractivity contribution < 1.29 is 9.53 Å². The minimum atomic E-state index is -0.493. The third kappa shape index (κ3) is 4.39. The Labute approximate surface area is 221 Å². The van der Waals surface area contributed by atoms with Crippen molar-refractivity contribution in [3.63, 3.8) is 0 Å². The van der Waals surface area contributed by atoms with Gasteiger partial charge in [-0.15, -0.1) is 0 Å². The highest BCUT2D eigenvalue weighted by molar-refractivity contribution is 9.10. The molecule has 1 fully saturated rings. The van der Waals surface area contributed by atoms with Crippen LogP contribution in [-0.4, -0.2) is 34.9 Å². The molecule has 3 aromatic carbocycles. The lowest BCUT2D eigenvalue weighted by Crippen LogP contribution is -2.43. The number of aliphatic imine (C=N–C) groups is 1. The molecule has 0 N–H and O–H groups in total. The van der Waals surface area contributed by atoms with Gasteiger partial charge in [0.15, 0.2) is 0 Å². The van der Waals surface area contributed by atoms with Crippen molar-refractivity contribution in [1.29, 1.82) is 0 Å². The van der Waals surface area contributed by atoms with Crippen LogP contribution in [0.5, 0.6) is 0 Å². The Balaban J connectivity index is 1.23. The fourth-order valence-corrected chi connectivity index (χ4v) is 6.20. The molecule has 4 nitrogen and oxygen atoms in total. The quantitative estimate of drug-likeness (QED) is 0.330. The average Bonchev–Trinajstić information content (AvgIpc) is 3.49. The molecule has 0 saturated carbocycles. The van der Waals surface area contributed by atoms with Crippen LogP contribution < -0.4 is 0 Å². The first kappa shape index (κ1) is 23.5. The van der Waals surface area contributed by atoms with E-state index in [1.54, 1.807) is 0 Å². The Kier molecular flexibility index (Phi) is 5.79. The summed E-state index contributed by atoms with van der Waals surface area (Å²) in [7, 11) is 0. The van der Waals surface area contributed by atoms with E-state index in [0.717, 1.165) is 54.5 Å². The van der Waals surface area contributed by atoms with Gasteiger partial charge in [-0.3, -0.25) is 9.89 Å². The highest BCUT2D eigenvalue weighted by atomic mass is 79.9. The zero-order chi connectivity index (χ0) is 25.0. The molecule has 2 aliphatic heterocycles. The molecule has 5 heteroatoms. The number of carbonyl (C=O) groups excluding carboxylic acids is 1. The first-order chi connectivity index (χ1) is 17.2. The highest BCUT2D eigenvalue weighted by Gasteiger charge is 2.36. The number of fused-ring (bicyclic) bond motifs is 4. The van der Waals surface area contributed by atoms with Crippen LogP contribution in [0.1, 0.15) is 50.3 Å². The number of halogens is 1. The lowest BCUT2D eigenvalue weighted by atomic mass is 9.84. The third-order valence-corrected chi connectivity index (χ3v) is 7.93. The van der Waals surface area contributed by atoms with Gasteiger partial charge in [0.1, 0.15) is 5.60 Å². The van der Waals surface area contributed by atoms with Crippen molar-refractivity contribution in [2.24, 2.45) is 4.99 Å². The zero-order valence-electron chi connectivity index (χ0n) is 21.1. The van der Waals surface area contributed by atoms with Gasteiger partial charge in [0.25, 0.3) is 0 Å². The van der Waals surface area contributed by atoms with Crippen LogP contribution in [0.4, 0.5) is 10.5 Å². The van der Waals surface area contributed by atoms with Crippen LogP contribution in [0, 0.1) is 0 Å². The van der Waals surface area contributed by atoms with Gasteiger partial charge < -0.3 is 4.74 Å². The second-order valence-corrected chi connectivity index (χ2v) is 12.0. The summed E-state index contributed by atoms with van der Waals surface area (Å²) in [4.78, 5) is 19.6. The summed E-state index contributed by atoms with van der Waals surface area (Å²) in [6.07, 6.45) is 4.63. The van der Waals surface area contributed by atoms with E-state index in [4.69, 9.17) is 9.73 Å². The molecule has 1 saturated heterocycles. The van der Waals surface area contributed by atoms with Gasteiger partial charge in [-0.05, 0) is 110 Å². The van der Waals surface area contributed by atoms with Crippen molar-refractivity contribution in [2.75, 3.05) is 6.54 Å². The second kappa shape index (κ2) is 8.88. The number of rotatable bonds is 2. The molecular formula is C31H31BrN2O2. The van der Waals surface area contributed by atoms with Crippen molar-refractivity contribution in [1.82, 2.24) is 4.90 Å². The number of amides is 1. The van der Waals surface area contributed by atoms with E-state index in [9.17, 15) is 4.79 Å². The summed E-state index contributed by atoms with van der Waals surface area (Å²) in [5, 5.41) is 0. The molecule has 0 unspecified atom stereocenters. The molecule has 0 aromatic heterocycles. The molecule has 3 aromatic rings. The molecule has 184 valence electrons. The lowest BCUT2D eigenvalue weighted by molar-refractivity contribution is 0.0265. The molecule has 1 atom stereocenters. The number of benzene rings is 3. The van der Waals surface area contributed by atoms with Crippen molar-refractivity contribution in [2.45, 2.75) is 64.5 Å². The minimum absolute atomic E-state index is 0.0274. The van der Waals surface area contributed by atoms with Crippen molar-refractivity contribution >= 4 is 33.4 Å². The van der Waals surface area contributed by atoms with Gasteiger partial charge in [0.2, 0.25) is 0 Å². The Morgan fingerprint density at radius 3 is 2.36 bits per heavy atom. The topological polar surface area (TPSA) is 41.9 Å². The number of hydrogen-bond acceptors (Lipinski definition) is 3. The van der Waals surface area contributed by atoms with E-state index >= 15 is 0 Å². The molecule has 1 amide bonds. The van der Waals surface area contributed by atoms with Crippen molar-refractivity contribution in [3.05, 3.63) is 75.8 Å². The van der Waals surface area contributed by atoms with Gasteiger partial charge in [-0.25, -0.2) is 4.79 Å². The van der Waals surface area contributed by atoms with Crippen LogP contribution in [-0.2, 0) is 24.0 Å². The monoisotopic (exact) mass is 542 g/mol. The van der Waals surface area contributed by atoms with Crippen LogP contribution in [0.25, 0.3) is 22.3 Å². The summed E-state index contributed by atoms with van der Waals surface area (Å²) in [6.45, 7) is 6.48. The number of nitrogens with zero attached hydrogens (tertiary/aromatic N) is 2. The molecule has 1 aliphatic carbocycles. The minimum Gasteiger partial charge on any atom is -0.444 e. The Hall–Kier alpha value is -2.92. The fraction of sp³-hybridized carbons (Fsp3) is 0.355. The van der Waals surface area contributed by atoms with E-state index in [1.165, 1.54) is 38.9 Å². The Morgan fingerprint density at radius 2 is 1.61 bits per heavy atom. The lowest BCUT2D eigenvalue weighted by Gasteiger charge is -2.28. The third-order valence-electron chi connectivity index (χ3n) is 7.44. The van der Waals surface area contributed by atoms with Gasteiger partial charge in [0, 0.05) is 23.1 Å². The average molecular weight is 544 g/mol. The smallest absolute Gasteiger partial charge is 0.410 e. The van der Waals surface area contributed by atoms with E-state index in [1.807, 2.05) is 25.7 Å². The summed E-state index contributed by atoms with van der Waals surface area (Å²) in [6, 6.07) is 20.1. The summed E-state index contributed by atoms with van der Waals surface area (Å²) in [5.74, 6) is 0. The molecule has 0 spiro atoms. The number of hydrogen-bond donors (Lipinski definition) is 0. The number of carbonyl (C=O) groups is 1. The van der Waals surface area contributed by atoms with E-state index < -0.39 is 5.60 Å². The van der Waals surface area contributed by atoms with Gasteiger partial charge in [-0.1, -0.05) is 46.3 Å².